The topological polar surface area (TPSA) is 191 Å². The molecule has 0 saturated carbocycles. The number of Topliss-reactive ketones (excluding diaryl/α,β-unsaturated/α-hetero) is 1. The predicted octanol–water partition coefficient (Wildman–Crippen LogP) is -3.99. The summed E-state index contributed by atoms with van der Waals surface area (Å²) in [6.07, 6.45) is -12.0. The molecule has 0 aromatic heterocycles. The van der Waals surface area contributed by atoms with Crippen LogP contribution in [0.3, 0.4) is 0 Å². The van der Waals surface area contributed by atoms with Gasteiger partial charge in [-0.25, -0.2) is 13.6 Å². The Bertz CT molecular complexity index is 465. The molecule has 8 N–H and O–H groups in total. The first kappa shape index (κ1) is 19.8. The Balaban J connectivity index is 3.26. The van der Waals surface area contributed by atoms with Crippen molar-refractivity contribution in [2.24, 2.45) is 11.7 Å². The van der Waals surface area contributed by atoms with Crippen LogP contribution in [-0.4, -0.2) is 91.7 Å². The van der Waals surface area contributed by atoms with Crippen LogP contribution in [0.2, 0.25) is 0 Å². The van der Waals surface area contributed by atoms with Gasteiger partial charge in [0.05, 0.1) is 18.8 Å². The number of aliphatic carboxylic acids is 1. The second kappa shape index (κ2) is 7.09. The van der Waals surface area contributed by atoms with Crippen LogP contribution in [0.4, 0.5) is 8.78 Å². The van der Waals surface area contributed by atoms with Crippen LogP contribution in [0, 0.1) is 5.92 Å². The zero-order chi connectivity index (χ0) is 18.1. The number of halogens is 2. The Labute approximate surface area is 127 Å². The summed E-state index contributed by atoms with van der Waals surface area (Å²) >= 11 is 0. The van der Waals surface area contributed by atoms with E-state index in [4.69, 9.17) is 15.9 Å². The minimum Gasteiger partial charge on any atom is -0.477 e. The Hall–Kier alpha value is -1.28. The fraction of sp³-hybridized carbons (Fsp3) is 0.818. The molecule has 23 heavy (non-hydrogen) atoms. The molecule has 134 valence electrons. The van der Waals surface area contributed by atoms with E-state index >= 15 is 0 Å². The number of hydrogen-bond acceptors (Lipinski definition) is 9. The van der Waals surface area contributed by atoms with Crippen molar-refractivity contribution < 1.29 is 53.7 Å². The Morgan fingerprint density at radius 2 is 1.83 bits per heavy atom. The molecule has 0 aromatic rings. The Morgan fingerprint density at radius 3 is 2.22 bits per heavy atom. The molecule has 1 fully saturated rings. The molecule has 0 aliphatic carbocycles. The van der Waals surface area contributed by atoms with Gasteiger partial charge in [-0.2, -0.15) is 0 Å². The van der Waals surface area contributed by atoms with Gasteiger partial charge in [0.15, 0.2) is 0 Å². The van der Waals surface area contributed by atoms with Gasteiger partial charge in [-0.15, -0.1) is 0 Å². The molecular weight excluding hydrogens is 328 g/mol. The lowest BCUT2D eigenvalue weighted by Gasteiger charge is -2.47. The molecule has 10 nitrogen and oxygen atoms in total. The number of rotatable bonds is 6. The summed E-state index contributed by atoms with van der Waals surface area (Å²) in [5, 5.41) is 56.6. The molecule has 2 unspecified atom stereocenters. The molecule has 1 heterocycles. The van der Waals surface area contributed by atoms with Crippen LogP contribution in [0.15, 0.2) is 0 Å². The highest BCUT2D eigenvalue weighted by Gasteiger charge is 2.62. The van der Waals surface area contributed by atoms with Crippen molar-refractivity contribution in [3.05, 3.63) is 0 Å². The molecule has 0 amide bonds. The number of aliphatic hydroxyl groups excluding tert-OH is 4. The number of carboxylic acid groups (broad SMARTS) is 1. The first-order valence-electron chi connectivity index (χ1n) is 6.35. The predicted molar refractivity (Wildman–Crippen MR) is 65.0 cm³/mol. The summed E-state index contributed by atoms with van der Waals surface area (Å²) in [5.74, 6) is -10.6. The molecular formula is C11H17F2NO9. The van der Waals surface area contributed by atoms with E-state index in [-0.39, 0.29) is 0 Å². The van der Waals surface area contributed by atoms with Gasteiger partial charge in [-0.05, 0) is 0 Å². The van der Waals surface area contributed by atoms with Crippen molar-refractivity contribution in [2.75, 3.05) is 6.61 Å². The monoisotopic (exact) mass is 345 g/mol. The average Bonchev–Trinajstić information content (AvgIpc) is 2.48. The van der Waals surface area contributed by atoms with Crippen molar-refractivity contribution in [2.45, 2.75) is 42.7 Å². The van der Waals surface area contributed by atoms with Crippen molar-refractivity contribution in [3.63, 3.8) is 0 Å². The Kier molecular flexibility index (Phi) is 6.09. The smallest absolute Gasteiger partial charge is 0.365 e. The summed E-state index contributed by atoms with van der Waals surface area (Å²) < 4.78 is 29.7. The summed E-state index contributed by atoms with van der Waals surface area (Å²) in [6.45, 7) is -1.01. The summed E-state index contributed by atoms with van der Waals surface area (Å²) in [5.41, 5.74) is 5.44. The second-order valence-electron chi connectivity index (χ2n) is 5.07. The van der Waals surface area contributed by atoms with Gasteiger partial charge < -0.3 is 41.1 Å². The highest BCUT2D eigenvalue weighted by molar-refractivity contribution is 5.91. The number of nitrogens with two attached hydrogens (primary N) is 1. The lowest BCUT2D eigenvalue weighted by atomic mass is 9.78. The standard InChI is InChI=1S/C11H17F2NO9/c12-9(13)7(19)3-6(18)4(14)8(5(17)2(16)1-15)23-11(3,22)10(20)21/h2-6,8-9,15-18,22H,1,14H2,(H,20,21)/t2-,3?,4-,5-,6+,8-,11?/m1/s1. The SMILES string of the molecule is N[C@H]1[C@H]([C@H](O)[C@H](O)CO)OC(O)(C(=O)O)C(C(=O)C(F)F)[C@@H]1O. The highest BCUT2D eigenvalue weighted by atomic mass is 19.3. The number of carbonyl (C=O) groups is 2. The fourth-order valence-corrected chi connectivity index (χ4v) is 2.31. The number of hydrogen-bond donors (Lipinski definition) is 7. The van der Waals surface area contributed by atoms with Crippen LogP contribution < -0.4 is 5.73 Å². The minimum atomic E-state index is -3.72. The maximum atomic E-state index is 12.6. The average molecular weight is 345 g/mol. The van der Waals surface area contributed by atoms with Gasteiger partial charge in [0, 0.05) is 0 Å². The molecule has 0 spiro atoms. The summed E-state index contributed by atoms with van der Waals surface area (Å²) in [7, 11) is 0. The van der Waals surface area contributed by atoms with Gasteiger partial charge in [0.1, 0.15) is 24.2 Å². The van der Waals surface area contributed by atoms with Crippen molar-refractivity contribution in [1.82, 2.24) is 0 Å². The third-order valence-electron chi connectivity index (χ3n) is 3.60. The van der Waals surface area contributed by atoms with E-state index in [0.29, 0.717) is 0 Å². The molecule has 7 atom stereocenters. The number of carboxylic acids is 1. The molecule has 0 radical (unpaired) electrons. The summed E-state index contributed by atoms with van der Waals surface area (Å²) in [4.78, 5) is 22.6. The van der Waals surface area contributed by atoms with Crippen LogP contribution in [-0.2, 0) is 14.3 Å². The third kappa shape index (κ3) is 3.47. The molecule has 1 aliphatic heterocycles. The van der Waals surface area contributed by atoms with E-state index < -0.39 is 66.9 Å². The van der Waals surface area contributed by atoms with Gasteiger partial charge in [-0.3, -0.25) is 4.79 Å². The highest BCUT2D eigenvalue weighted by Crippen LogP contribution is 2.36. The molecule has 12 heteroatoms. The summed E-state index contributed by atoms with van der Waals surface area (Å²) in [6, 6.07) is -1.81. The normalized spacial score (nSPS) is 37.4. The van der Waals surface area contributed by atoms with Gasteiger partial charge in [0.25, 0.3) is 12.2 Å². The van der Waals surface area contributed by atoms with Crippen molar-refractivity contribution in [3.8, 4) is 0 Å². The lowest BCUT2D eigenvalue weighted by molar-refractivity contribution is -0.312. The molecule has 0 aromatic carbocycles. The largest absolute Gasteiger partial charge is 0.477 e. The first-order valence-corrected chi connectivity index (χ1v) is 6.35. The van der Waals surface area contributed by atoms with Gasteiger partial charge in [0.2, 0.25) is 5.78 Å². The number of alkyl halides is 2. The fourth-order valence-electron chi connectivity index (χ4n) is 2.31. The number of ketones is 1. The third-order valence-corrected chi connectivity index (χ3v) is 3.60. The molecule has 1 aliphatic rings. The number of carbonyl (C=O) groups excluding carboxylic acids is 1. The maximum Gasteiger partial charge on any atom is 0.365 e. The zero-order valence-corrected chi connectivity index (χ0v) is 11.5. The Morgan fingerprint density at radius 1 is 1.30 bits per heavy atom. The van der Waals surface area contributed by atoms with Crippen LogP contribution in [0.5, 0.6) is 0 Å². The first-order chi connectivity index (χ1) is 10.5. The molecule has 1 saturated heterocycles. The van der Waals surface area contributed by atoms with Crippen LogP contribution >= 0.6 is 0 Å². The van der Waals surface area contributed by atoms with Crippen molar-refractivity contribution in [1.29, 1.82) is 0 Å². The molecule has 0 bridgehead atoms. The van der Waals surface area contributed by atoms with Gasteiger partial charge >= 0.3 is 5.97 Å². The van der Waals surface area contributed by atoms with E-state index in [1.54, 1.807) is 0 Å². The maximum absolute atomic E-state index is 12.6. The zero-order valence-electron chi connectivity index (χ0n) is 11.5. The van der Waals surface area contributed by atoms with Crippen LogP contribution in [0.1, 0.15) is 0 Å². The second-order valence-corrected chi connectivity index (χ2v) is 5.07. The minimum absolute atomic E-state index is 1.01. The van der Waals surface area contributed by atoms with E-state index in [1.165, 1.54) is 0 Å². The van der Waals surface area contributed by atoms with Crippen LogP contribution in [0.25, 0.3) is 0 Å². The van der Waals surface area contributed by atoms with E-state index in [1.807, 2.05) is 0 Å². The lowest BCUT2D eigenvalue weighted by Crippen LogP contribution is -2.72. The number of aliphatic hydroxyl groups is 5. The molecule has 1 rings (SSSR count). The quantitative estimate of drug-likeness (QED) is 0.250. The van der Waals surface area contributed by atoms with Crippen molar-refractivity contribution >= 4 is 11.8 Å². The van der Waals surface area contributed by atoms with E-state index in [2.05, 4.69) is 4.74 Å². The van der Waals surface area contributed by atoms with Gasteiger partial charge in [-0.1, -0.05) is 0 Å². The van der Waals surface area contributed by atoms with E-state index in [0.717, 1.165) is 0 Å². The van der Waals surface area contributed by atoms with E-state index in [9.17, 15) is 38.8 Å². The number of ether oxygens (including phenoxy) is 1.